The number of methoxy groups -OCH3 is 2. The molecule has 0 unspecified atom stereocenters. The molecule has 32 heavy (non-hydrogen) atoms. The summed E-state index contributed by atoms with van der Waals surface area (Å²) in [6.07, 6.45) is 0. The molecule has 2 aromatic carbocycles. The molecule has 176 valence electrons. The molecule has 8 heteroatoms. The molecule has 0 aliphatic carbocycles. The van der Waals surface area contributed by atoms with Gasteiger partial charge in [-0.15, -0.1) is 24.0 Å². The van der Waals surface area contributed by atoms with E-state index in [4.69, 9.17) is 9.47 Å². The van der Waals surface area contributed by atoms with Crippen LogP contribution >= 0.6 is 24.0 Å². The molecule has 0 amide bonds. The third-order valence-corrected chi connectivity index (χ3v) is 5.65. The maximum absolute atomic E-state index is 5.47. The van der Waals surface area contributed by atoms with Gasteiger partial charge in [0.15, 0.2) is 5.96 Å². The molecule has 0 bridgehead atoms. The second-order valence-corrected chi connectivity index (χ2v) is 7.85. The van der Waals surface area contributed by atoms with Crippen molar-refractivity contribution in [2.75, 3.05) is 54.5 Å². The highest BCUT2D eigenvalue weighted by molar-refractivity contribution is 14.0. The van der Waals surface area contributed by atoms with Crippen molar-refractivity contribution in [2.45, 2.75) is 19.6 Å². The van der Waals surface area contributed by atoms with Crippen LogP contribution in [0.4, 0.5) is 0 Å². The Morgan fingerprint density at radius 1 is 0.906 bits per heavy atom. The number of aliphatic imine (C=N–C) groups is 1. The molecule has 0 aromatic heterocycles. The average Bonchev–Trinajstić information content (AvgIpc) is 2.81. The van der Waals surface area contributed by atoms with Crippen LogP contribution in [0.15, 0.2) is 47.5 Å². The van der Waals surface area contributed by atoms with E-state index in [9.17, 15) is 0 Å². The zero-order chi connectivity index (χ0) is 22.1. The molecular weight excluding hydrogens is 517 g/mol. The van der Waals surface area contributed by atoms with Crippen LogP contribution in [-0.2, 0) is 19.6 Å². The van der Waals surface area contributed by atoms with Crippen LogP contribution in [0, 0.1) is 0 Å². The van der Waals surface area contributed by atoms with E-state index in [1.165, 1.54) is 11.1 Å². The predicted molar refractivity (Wildman–Crippen MR) is 141 cm³/mol. The molecule has 0 spiro atoms. The van der Waals surface area contributed by atoms with Crippen molar-refractivity contribution in [2.24, 2.45) is 4.99 Å². The smallest absolute Gasteiger partial charge is 0.191 e. The molecule has 0 saturated carbocycles. The first-order valence-corrected chi connectivity index (χ1v) is 10.8. The van der Waals surface area contributed by atoms with Gasteiger partial charge in [-0.25, -0.2) is 0 Å². The Hall–Kier alpha value is -2.04. The fourth-order valence-electron chi connectivity index (χ4n) is 3.61. The Balaban J connectivity index is 0.00000363. The minimum absolute atomic E-state index is 0. The van der Waals surface area contributed by atoms with Crippen molar-refractivity contribution >= 4 is 29.9 Å². The van der Waals surface area contributed by atoms with Crippen LogP contribution in [0.25, 0.3) is 0 Å². The highest BCUT2D eigenvalue weighted by Crippen LogP contribution is 2.24. The Morgan fingerprint density at radius 3 is 2.19 bits per heavy atom. The van der Waals surface area contributed by atoms with Crippen LogP contribution in [-0.4, -0.2) is 70.3 Å². The summed E-state index contributed by atoms with van der Waals surface area (Å²) in [6.45, 7) is 6.92. The number of hydrogen-bond donors (Lipinski definition) is 2. The van der Waals surface area contributed by atoms with E-state index in [1.54, 1.807) is 21.3 Å². The number of hydrogen-bond acceptors (Lipinski definition) is 5. The zero-order valence-corrected chi connectivity index (χ0v) is 21.9. The van der Waals surface area contributed by atoms with Gasteiger partial charge in [0, 0.05) is 64.5 Å². The number of nitrogens with one attached hydrogen (secondary N) is 2. The predicted octanol–water partition coefficient (Wildman–Crippen LogP) is 2.93. The minimum atomic E-state index is 0. The lowest BCUT2D eigenvalue weighted by atomic mass is 10.1. The van der Waals surface area contributed by atoms with E-state index >= 15 is 0 Å². The summed E-state index contributed by atoms with van der Waals surface area (Å²) in [5, 5.41) is 6.72. The van der Waals surface area contributed by atoms with Gasteiger partial charge in [-0.2, -0.15) is 0 Å². The van der Waals surface area contributed by atoms with Crippen LogP contribution < -0.4 is 20.1 Å². The summed E-state index contributed by atoms with van der Waals surface area (Å²) in [6, 6.07) is 14.7. The number of guanidine groups is 1. The van der Waals surface area contributed by atoms with E-state index in [0.29, 0.717) is 13.1 Å². The molecule has 1 aliphatic rings. The van der Waals surface area contributed by atoms with Gasteiger partial charge >= 0.3 is 0 Å². The van der Waals surface area contributed by atoms with E-state index in [1.807, 2.05) is 18.2 Å². The third-order valence-electron chi connectivity index (χ3n) is 5.65. The monoisotopic (exact) mass is 553 g/mol. The maximum atomic E-state index is 5.47. The molecule has 2 aromatic rings. The average molecular weight is 553 g/mol. The van der Waals surface area contributed by atoms with E-state index in [0.717, 1.165) is 55.7 Å². The van der Waals surface area contributed by atoms with Crippen molar-refractivity contribution in [3.63, 3.8) is 0 Å². The quantitative estimate of drug-likeness (QED) is 0.298. The summed E-state index contributed by atoms with van der Waals surface area (Å²) < 4.78 is 10.7. The topological polar surface area (TPSA) is 61.4 Å². The van der Waals surface area contributed by atoms with Crippen molar-refractivity contribution in [1.82, 2.24) is 20.4 Å². The summed E-state index contributed by atoms with van der Waals surface area (Å²) in [7, 11) is 7.28. The number of likely N-dealkylation sites (N-methyl/N-ethyl adjacent to an activating group) is 1. The van der Waals surface area contributed by atoms with Crippen molar-refractivity contribution in [3.05, 3.63) is 59.2 Å². The summed E-state index contributed by atoms with van der Waals surface area (Å²) in [5.41, 5.74) is 3.63. The molecule has 0 radical (unpaired) electrons. The lowest BCUT2D eigenvalue weighted by molar-refractivity contribution is 0.148. The molecule has 1 saturated heterocycles. The second-order valence-electron chi connectivity index (χ2n) is 7.85. The van der Waals surface area contributed by atoms with Gasteiger partial charge in [0.1, 0.15) is 11.5 Å². The van der Waals surface area contributed by atoms with Gasteiger partial charge < -0.3 is 25.0 Å². The fraction of sp³-hybridized carbons (Fsp3) is 0.458. The second kappa shape index (κ2) is 13.5. The highest BCUT2D eigenvalue weighted by atomic mass is 127. The summed E-state index contributed by atoms with van der Waals surface area (Å²) in [5.74, 6) is 2.32. The molecule has 2 N–H and O–H groups in total. The lowest BCUT2D eigenvalue weighted by Gasteiger charge is -2.32. The van der Waals surface area contributed by atoms with Crippen LogP contribution in [0.1, 0.15) is 16.7 Å². The molecule has 0 atom stereocenters. The number of halogens is 1. The highest BCUT2D eigenvalue weighted by Gasteiger charge is 2.13. The van der Waals surface area contributed by atoms with Gasteiger partial charge in [-0.1, -0.05) is 24.3 Å². The number of benzene rings is 2. The minimum Gasteiger partial charge on any atom is -0.497 e. The molecular formula is C24H36IN5O2. The fourth-order valence-corrected chi connectivity index (χ4v) is 3.61. The lowest BCUT2D eigenvalue weighted by Crippen LogP contribution is -2.43. The molecule has 1 fully saturated rings. The molecule has 1 aliphatic heterocycles. The zero-order valence-electron chi connectivity index (χ0n) is 19.6. The van der Waals surface area contributed by atoms with Gasteiger partial charge in [-0.3, -0.25) is 9.89 Å². The van der Waals surface area contributed by atoms with Crippen molar-refractivity contribution in [3.8, 4) is 11.5 Å². The Morgan fingerprint density at radius 2 is 1.56 bits per heavy atom. The molecule has 1 heterocycles. The van der Waals surface area contributed by atoms with E-state index in [-0.39, 0.29) is 24.0 Å². The maximum Gasteiger partial charge on any atom is 0.191 e. The first-order chi connectivity index (χ1) is 15.1. The third kappa shape index (κ3) is 7.83. The Bertz CT molecular complexity index is 852. The van der Waals surface area contributed by atoms with Gasteiger partial charge in [0.05, 0.1) is 14.2 Å². The molecule has 3 rings (SSSR count). The first kappa shape index (κ1) is 26.2. The van der Waals surface area contributed by atoms with Crippen molar-refractivity contribution < 1.29 is 9.47 Å². The van der Waals surface area contributed by atoms with Crippen LogP contribution in [0.5, 0.6) is 11.5 Å². The van der Waals surface area contributed by atoms with Gasteiger partial charge in [-0.05, 0) is 30.3 Å². The first-order valence-electron chi connectivity index (χ1n) is 10.8. The van der Waals surface area contributed by atoms with E-state index in [2.05, 4.69) is 56.7 Å². The number of ether oxygens (including phenoxy) is 2. The van der Waals surface area contributed by atoms with Gasteiger partial charge in [0.2, 0.25) is 0 Å². The standard InChI is InChI=1S/C24H35N5O2.HI/c1-25-24(27-17-21-9-10-22(30-3)15-23(21)31-4)26-16-19-5-7-20(8-6-19)18-29-13-11-28(2)12-14-29;/h5-10,15H,11-14,16-18H2,1-4H3,(H2,25,26,27);1H. The normalized spacial score (nSPS) is 15.1. The number of piperazine rings is 1. The van der Waals surface area contributed by atoms with Gasteiger partial charge in [0.25, 0.3) is 0 Å². The SMILES string of the molecule is CN=C(NCc1ccc(CN2CCN(C)CC2)cc1)NCc1ccc(OC)cc1OC.I. The largest absolute Gasteiger partial charge is 0.497 e. The summed E-state index contributed by atoms with van der Waals surface area (Å²) >= 11 is 0. The summed E-state index contributed by atoms with van der Waals surface area (Å²) in [4.78, 5) is 9.23. The van der Waals surface area contributed by atoms with E-state index < -0.39 is 0 Å². The number of rotatable bonds is 8. The Kier molecular flexibility index (Phi) is 11.1. The van der Waals surface area contributed by atoms with Crippen molar-refractivity contribution in [1.29, 1.82) is 0 Å². The molecule has 7 nitrogen and oxygen atoms in total. The van der Waals surface area contributed by atoms with Crippen LogP contribution in [0.3, 0.4) is 0 Å². The Labute approximate surface area is 209 Å². The number of nitrogens with zero attached hydrogens (tertiary/aromatic N) is 3. The van der Waals surface area contributed by atoms with Crippen LogP contribution in [0.2, 0.25) is 0 Å².